The lowest BCUT2D eigenvalue weighted by molar-refractivity contribution is -0.130. The fourth-order valence-electron chi connectivity index (χ4n) is 3.75. The Hall–Kier alpha value is -2.08. The number of hydrogen-bond donors (Lipinski definition) is 1. The molecule has 2 aliphatic rings. The van der Waals surface area contributed by atoms with E-state index in [1.54, 1.807) is 0 Å². The Morgan fingerprint density at radius 1 is 1.23 bits per heavy atom. The zero-order valence-corrected chi connectivity index (χ0v) is 15.6. The fourth-order valence-corrected chi connectivity index (χ4v) is 3.92. The van der Waals surface area contributed by atoms with Crippen LogP contribution in [0.2, 0.25) is 5.02 Å². The predicted molar refractivity (Wildman–Crippen MR) is 98.1 cm³/mol. The maximum atomic E-state index is 12.6. The third-order valence-corrected chi connectivity index (χ3v) is 5.52. The summed E-state index contributed by atoms with van der Waals surface area (Å²) in [5, 5.41) is 3.09. The lowest BCUT2D eigenvalue weighted by Gasteiger charge is -2.31. The Balaban J connectivity index is 1.67. The van der Waals surface area contributed by atoms with Crippen molar-refractivity contribution in [2.75, 3.05) is 19.0 Å². The van der Waals surface area contributed by atoms with Crippen molar-refractivity contribution in [2.24, 2.45) is 5.92 Å². The molecule has 1 unspecified atom stereocenters. The van der Waals surface area contributed by atoms with Gasteiger partial charge < -0.3 is 15.0 Å². The molecule has 140 valence electrons. The molecule has 1 atom stereocenters. The standard InChI is InChI=1S/C19H23ClN2O4/c1-26-19(25)12-7-8-15(20)16(9-12)21-18(24)13-10-17(23)22(11-13)14-5-3-2-4-6-14/h7-9,13-14H,2-6,10-11H2,1H3,(H,21,24). The van der Waals surface area contributed by atoms with E-state index in [1.807, 2.05) is 4.90 Å². The lowest BCUT2D eigenvalue weighted by atomic mass is 9.94. The van der Waals surface area contributed by atoms with Gasteiger partial charge in [-0.3, -0.25) is 9.59 Å². The molecule has 1 aliphatic carbocycles. The molecule has 7 heteroatoms. The lowest BCUT2D eigenvalue weighted by Crippen LogP contribution is -2.38. The van der Waals surface area contributed by atoms with Crippen molar-refractivity contribution in [2.45, 2.75) is 44.6 Å². The summed E-state index contributed by atoms with van der Waals surface area (Å²) < 4.78 is 4.69. The van der Waals surface area contributed by atoms with Gasteiger partial charge in [-0.2, -0.15) is 0 Å². The van der Waals surface area contributed by atoms with Crippen molar-refractivity contribution in [1.29, 1.82) is 0 Å². The van der Waals surface area contributed by atoms with Crippen molar-refractivity contribution in [1.82, 2.24) is 4.90 Å². The molecular weight excluding hydrogens is 356 g/mol. The zero-order chi connectivity index (χ0) is 18.7. The summed E-state index contributed by atoms with van der Waals surface area (Å²) in [6.07, 6.45) is 5.76. The first-order chi connectivity index (χ1) is 12.5. The first kappa shape index (κ1) is 18.7. The minimum atomic E-state index is -0.503. The normalized spacial score (nSPS) is 20.9. The van der Waals surface area contributed by atoms with Gasteiger partial charge in [0, 0.05) is 19.0 Å². The number of benzene rings is 1. The van der Waals surface area contributed by atoms with Crippen molar-refractivity contribution in [3.05, 3.63) is 28.8 Å². The molecule has 2 amide bonds. The molecule has 0 bridgehead atoms. The summed E-state index contributed by atoms with van der Waals surface area (Å²) in [6.45, 7) is 0.448. The topological polar surface area (TPSA) is 75.7 Å². The number of rotatable bonds is 4. The predicted octanol–water partition coefficient (Wildman–Crippen LogP) is 3.25. The summed E-state index contributed by atoms with van der Waals surface area (Å²) in [5.41, 5.74) is 0.654. The summed E-state index contributed by atoms with van der Waals surface area (Å²) in [7, 11) is 1.29. The fraction of sp³-hybridized carbons (Fsp3) is 0.526. The second-order valence-corrected chi connectivity index (χ2v) is 7.32. The Labute approximate surface area is 157 Å². The first-order valence-corrected chi connectivity index (χ1v) is 9.35. The van der Waals surface area contributed by atoms with Crippen LogP contribution in [0.25, 0.3) is 0 Å². The second kappa shape index (κ2) is 8.08. The van der Waals surface area contributed by atoms with Gasteiger partial charge in [-0.15, -0.1) is 0 Å². The second-order valence-electron chi connectivity index (χ2n) is 6.91. The highest BCUT2D eigenvalue weighted by molar-refractivity contribution is 6.33. The van der Waals surface area contributed by atoms with E-state index >= 15 is 0 Å². The van der Waals surface area contributed by atoms with E-state index in [9.17, 15) is 14.4 Å². The van der Waals surface area contributed by atoms with E-state index in [0.29, 0.717) is 22.8 Å². The number of anilines is 1. The maximum absolute atomic E-state index is 12.6. The SMILES string of the molecule is COC(=O)c1ccc(Cl)c(NC(=O)C2CC(=O)N(C3CCCCC3)C2)c1. The number of nitrogens with one attached hydrogen (secondary N) is 1. The number of nitrogens with zero attached hydrogens (tertiary/aromatic N) is 1. The van der Waals surface area contributed by atoms with Gasteiger partial charge >= 0.3 is 5.97 Å². The Bertz CT molecular complexity index is 715. The number of likely N-dealkylation sites (tertiary alicyclic amines) is 1. The van der Waals surface area contributed by atoms with E-state index in [-0.39, 0.29) is 24.3 Å². The van der Waals surface area contributed by atoms with Crippen LogP contribution in [0.4, 0.5) is 5.69 Å². The summed E-state index contributed by atoms with van der Waals surface area (Å²) in [6, 6.07) is 4.83. The van der Waals surface area contributed by atoms with Gasteiger partial charge in [0.05, 0.1) is 29.3 Å². The van der Waals surface area contributed by atoms with E-state index in [4.69, 9.17) is 11.6 Å². The summed E-state index contributed by atoms with van der Waals surface area (Å²) in [5.74, 6) is -1.11. The van der Waals surface area contributed by atoms with Gasteiger partial charge in [0.25, 0.3) is 0 Å². The van der Waals surface area contributed by atoms with Crippen molar-refractivity contribution in [3.8, 4) is 0 Å². The highest BCUT2D eigenvalue weighted by atomic mass is 35.5. The van der Waals surface area contributed by atoms with Crippen LogP contribution in [0.5, 0.6) is 0 Å². The third kappa shape index (κ3) is 4.01. The number of methoxy groups -OCH3 is 1. The van der Waals surface area contributed by atoms with Crippen molar-refractivity contribution < 1.29 is 19.1 Å². The summed E-state index contributed by atoms with van der Waals surface area (Å²) >= 11 is 6.13. The third-order valence-electron chi connectivity index (χ3n) is 5.19. The van der Waals surface area contributed by atoms with E-state index < -0.39 is 11.9 Å². The number of esters is 1. The van der Waals surface area contributed by atoms with Crippen LogP contribution < -0.4 is 5.32 Å². The minimum Gasteiger partial charge on any atom is -0.465 e. The van der Waals surface area contributed by atoms with Crippen molar-refractivity contribution >= 4 is 35.1 Å². The van der Waals surface area contributed by atoms with Gasteiger partial charge in [0.15, 0.2) is 0 Å². The monoisotopic (exact) mass is 378 g/mol. The quantitative estimate of drug-likeness (QED) is 0.816. The van der Waals surface area contributed by atoms with Crippen LogP contribution >= 0.6 is 11.6 Å². The molecule has 3 rings (SSSR count). The number of halogens is 1. The molecule has 1 saturated carbocycles. The van der Waals surface area contributed by atoms with Crippen LogP contribution in [0.3, 0.4) is 0 Å². The Morgan fingerprint density at radius 3 is 2.65 bits per heavy atom. The maximum Gasteiger partial charge on any atom is 0.337 e. The molecule has 0 radical (unpaired) electrons. The number of ether oxygens (including phenoxy) is 1. The minimum absolute atomic E-state index is 0.0476. The number of carbonyl (C=O) groups is 3. The van der Waals surface area contributed by atoms with E-state index in [0.717, 1.165) is 25.7 Å². The molecule has 2 fully saturated rings. The highest BCUT2D eigenvalue weighted by Crippen LogP contribution is 2.30. The van der Waals surface area contributed by atoms with Crippen LogP contribution in [0, 0.1) is 5.92 Å². The van der Waals surface area contributed by atoms with Crippen LogP contribution in [0.15, 0.2) is 18.2 Å². The molecule has 0 spiro atoms. The average molecular weight is 379 g/mol. The molecule has 6 nitrogen and oxygen atoms in total. The smallest absolute Gasteiger partial charge is 0.337 e. The highest BCUT2D eigenvalue weighted by Gasteiger charge is 2.38. The average Bonchev–Trinajstić information content (AvgIpc) is 3.05. The van der Waals surface area contributed by atoms with Crippen LogP contribution in [-0.2, 0) is 14.3 Å². The van der Waals surface area contributed by atoms with E-state index in [2.05, 4.69) is 10.1 Å². The molecule has 1 aromatic rings. The molecule has 0 aromatic heterocycles. The van der Waals surface area contributed by atoms with Crippen LogP contribution in [0.1, 0.15) is 48.9 Å². The molecule has 1 aromatic carbocycles. The molecule has 1 heterocycles. The number of amides is 2. The molecule has 1 aliphatic heterocycles. The number of carbonyl (C=O) groups excluding carboxylic acids is 3. The molecule has 1 saturated heterocycles. The first-order valence-electron chi connectivity index (χ1n) is 8.98. The molecular formula is C19H23ClN2O4. The Kier molecular flexibility index (Phi) is 5.81. The largest absolute Gasteiger partial charge is 0.465 e. The summed E-state index contributed by atoms with van der Waals surface area (Å²) in [4.78, 5) is 38.5. The Morgan fingerprint density at radius 2 is 1.96 bits per heavy atom. The van der Waals surface area contributed by atoms with Gasteiger partial charge in [-0.25, -0.2) is 4.79 Å². The van der Waals surface area contributed by atoms with Gasteiger partial charge in [0.1, 0.15) is 0 Å². The molecule has 26 heavy (non-hydrogen) atoms. The zero-order valence-electron chi connectivity index (χ0n) is 14.8. The van der Waals surface area contributed by atoms with Gasteiger partial charge in [-0.05, 0) is 31.0 Å². The van der Waals surface area contributed by atoms with Crippen LogP contribution in [-0.4, -0.2) is 42.4 Å². The molecule has 1 N–H and O–H groups in total. The van der Waals surface area contributed by atoms with Gasteiger partial charge in [0.2, 0.25) is 11.8 Å². The number of hydrogen-bond acceptors (Lipinski definition) is 4. The van der Waals surface area contributed by atoms with Crippen molar-refractivity contribution in [3.63, 3.8) is 0 Å². The van der Waals surface area contributed by atoms with E-state index in [1.165, 1.54) is 31.7 Å². The van der Waals surface area contributed by atoms with Gasteiger partial charge in [-0.1, -0.05) is 30.9 Å².